The minimum atomic E-state index is -0.338. The molecule has 1 aromatic rings. The van der Waals surface area contributed by atoms with E-state index in [9.17, 15) is 4.39 Å². The van der Waals surface area contributed by atoms with Crippen LogP contribution in [0.25, 0.3) is 0 Å². The van der Waals surface area contributed by atoms with Gasteiger partial charge in [-0.15, -0.1) is 0 Å². The second-order valence-electron chi connectivity index (χ2n) is 2.03. The summed E-state index contributed by atoms with van der Waals surface area (Å²) < 4.78 is 13.1. The van der Waals surface area contributed by atoms with Crippen LogP contribution in [0.2, 0.25) is 5.02 Å². The quantitative estimate of drug-likeness (QED) is 0.748. The summed E-state index contributed by atoms with van der Waals surface area (Å²) in [4.78, 5) is 0. The van der Waals surface area contributed by atoms with Gasteiger partial charge in [0.25, 0.3) is 0 Å². The number of nitrogens with two attached hydrogens (primary N) is 1. The highest BCUT2D eigenvalue weighted by Crippen LogP contribution is 2.26. The van der Waals surface area contributed by atoms with Crippen molar-refractivity contribution < 1.29 is 4.39 Å². The van der Waals surface area contributed by atoms with Gasteiger partial charge in [0.05, 0.1) is 4.47 Å². The lowest BCUT2D eigenvalue weighted by molar-refractivity contribution is 0.618. The fourth-order valence-corrected chi connectivity index (χ4v) is 1.61. The molecule has 0 unspecified atom stereocenters. The Bertz CT molecular complexity index is 277. The number of benzene rings is 1. The van der Waals surface area contributed by atoms with Crippen LogP contribution in [0, 0.1) is 5.82 Å². The Morgan fingerprint density at radius 1 is 1.55 bits per heavy atom. The second kappa shape index (κ2) is 3.52. The van der Waals surface area contributed by atoms with Crippen LogP contribution in [0.4, 0.5) is 4.39 Å². The van der Waals surface area contributed by atoms with E-state index in [-0.39, 0.29) is 12.4 Å². The summed E-state index contributed by atoms with van der Waals surface area (Å²) in [5, 5.41) is 0.487. The third kappa shape index (κ3) is 1.72. The maximum Gasteiger partial charge on any atom is 0.137 e. The number of hydrogen-bond donors (Lipinski definition) is 1. The zero-order valence-corrected chi connectivity index (χ0v) is 7.91. The van der Waals surface area contributed by atoms with Gasteiger partial charge in [0.2, 0.25) is 0 Å². The molecule has 0 aliphatic rings. The van der Waals surface area contributed by atoms with Crippen molar-refractivity contribution in [3.8, 4) is 0 Å². The monoisotopic (exact) mass is 237 g/mol. The Morgan fingerprint density at radius 3 is 2.64 bits per heavy atom. The van der Waals surface area contributed by atoms with E-state index in [4.69, 9.17) is 17.3 Å². The predicted octanol–water partition coefficient (Wildman–Crippen LogP) is 2.70. The minimum Gasteiger partial charge on any atom is -0.326 e. The largest absolute Gasteiger partial charge is 0.326 e. The molecule has 0 aliphatic carbocycles. The molecule has 0 radical (unpaired) electrons. The van der Waals surface area contributed by atoms with Crippen LogP contribution in [-0.2, 0) is 6.54 Å². The fraction of sp³-hybridized carbons (Fsp3) is 0.143. The van der Waals surface area contributed by atoms with Crippen molar-refractivity contribution in [3.05, 3.63) is 33.0 Å². The van der Waals surface area contributed by atoms with Crippen molar-refractivity contribution in [2.75, 3.05) is 0 Å². The molecule has 11 heavy (non-hydrogen) atoms. The van der Waals surface area contributed by atoms with Crippen LogP contribution in [0.15, 0.2) is 16.6 Å². The Balaban J connectivity index is 3.29. The molecule has 0 bridgehead atoms. The average molecular weight is 238 g/mol. The summed E-state index contributed by atoms with van der Waals surface area (Å²) in [6, 6.07) is 2.79. The molecule has 4 heteroatoms. The SMILES string of the molecule is NCc1c(Cl)ccc(F)c1Br. The van der Waals surface area contributed by atoms with Crippen molar-refractivity contribution in [2.24, 2.45) is 5.73 Å². The molecule has 0 aromatic heterocycles. The first kappa shape index (κ1) is 8.97. The molecule has 0 fully saturated rings. The first-order valence-electron chi connectivity index (χ1n) is 2.99. The second-order valence-corrected chi connectivity index (χ2v) is 3.23. The van der Waals surface area contributed by atoms with Crippen LogP contribution in [0.3, 0.4) is 0 Å². The Labute approximate surface area is 77.5 Å². The summed E-state index contributed by atoms with van der Waals surface area (Å²) in [5.41, 5.74) is 5.94. The first-order valence-corrected chi connectivity index (χ1v) is 4.16. The summed E-state index contributed by atoms with van der Waals surface area (Å²) in [6.45, 7) is 0.233. The van der Waals surface area contributed by atoms with E-state index < -0.39 is 0 Å². The molecule has 0 saturated heterocycles. The molecule has 1 aromatic carbocycles. The topological polar surface area (TPSA) is 26.0 Å². The van der Waals surface area contributed by atoms with Gasteiger partial charge < -0.3 is 5.73 Å². The summed E-state index contributed by atoms with van der Waals surface area (Å²) in [7, 11) is 0. The van der Waals surface area contributed by atoms with Gasteiger partial charge >= 0.3 is 0 Å². The lowest BCUT2D eigenvalue weighted by Crippen LogP contribution is -1.99. The zero-order chi connectivity index (χ0) is 8.43. The van der Waals surface area contributed by atoms with Gasteiger partial charge in [0.15, 0.2) is 0 Å². The van der Waals surface area contributed by atoms with Crippen LogP contribution in [0.1, 0.15) is 5.56 Å². The lowest BCUT2D eigenvalue weighted by Gasteiger charge is -2.03. The van der Waals surface area contributed by atoms with E-state index in [1.165, 1.54) is 12.1 Å². The standard InChI is InChI=1S/C7H6BrClFN/c8-7-4(3-11)5(9)1-2-6(7)10/h1-2H,3,11H2. The van der Waals surface area contributed by atoms with E-state index >= 15 is 0 Å². The zero-order valence-electron chi connectivity index (χ0n) is 5.57. The fourth-order valence-electron chi connectivity index (χ4n) is 0.756. The van der Waals surface area contributed by atoms with Crippen LogP contribution in [-0.4, -0.2) is 0 Å². The first-order chi connectivity index (χ1) is 5.16. The van der Waals surface area contributed by atoms with E-state index in [0.29, 0.717) is 15.1 Å². The van der Waals surface area contributed by atoms with Crippen LogP contribution >= 0.6 is 27.5 Å². The summed E-state index contributed by atoms with van der Waals surface area (Å²) in [6.07, 6.45) is 0. The molecular weight excluding hydrogens is 232 g/mol. The molecule has 1 rings (SSSR count). The minimum absolute atomic E-state index is 0.233. The molecular formula is C7H6BrClFN. The molecule has 2 N–H and O–H groups in total. The molecule has 0 aliphatic heterocycles. The van der Waals surface area contributed by atoms with E-state index in [1.54, 1.807) is 0 Å². The Kier molecular flexibility index (Phi) is 2.87. The Morgan fingerprint density at radius 2 is 2.18 bits per heavy atom. The highest BCUT2D eigenvalue weighted by Gasteiger charge is 2.07. The van der Waals surface area contributed by atoms with Crippen LogP contribution < -0.4 is 5.73 Å². The van der Waals surface area contributed by atoms with E-state index in [2.05, 4.69) is 15.9 Å². The van der Waals surface area contributed by atoms with Gasteiger partial charge in [-0.3, -0.25) is 0 Å². The molecule has 1 nitrogen and oxygen atoms in total. The predicted molar refractivity (Wildman–Crippen MR) is 47.0 cm³/mol. The van der Waals surface area contributed by atoms with Gasteiger partial charge in [0, 0.05) is 17.1 Å². The maximum absolute atomic E-state index is 12.8. The molecule has 0 atom stereocenters. The smallest absolute Gasteiger partial charge is 0.137 e. The van der Waals surface area contributed by atoms with Crippen molar-refractivity contribution in [1.82, 2.24) is 0 Å². The molecule has 0 amide bonds. The van der Waals surface area contributed by atoms with Gasteiger partial charge in [-0.1, -0.05) is 11.6 Å². The number of halogens is 3. The van der Waals surface area contributed by atoms with Crippen molar-refractivity contribution in [1.29, 1.82) is 0 Å². The van der Waals surface area contributed by atoms with Gasteiger partial charge in [-0.2, -0.15) is 0 Å². The molecule has 60 valence electrons. The third-order valence-corrected chi connectivity index (χ3v) is 2.55. The average Bonchev–Trinajstić information content (AvgIpc) is 1.99. The normalized spacial score (nSPS) is 10.2. The Hall–Kier alpha value is -0.120. The van der Waals surface area contributed by atoms with E-state index in [1.807, 2.05) is 0 Å². The molecule has 0 spiro atoms. The molecule has 0 saturated carbocycles. The highest BCUT2D eigenvalue weighted by atomic mass is 79.9. The number of hydrogen-bond acceptors (Lipinski definition) is 1. The van der Waals surface area contributed by atoms with Crippen molar-refractivity contribution in [3.63, 3.8) is 0 Å². The van der Waals surface area contributed by atoms with Crippen molar-refractivity contribution in [2.45, 2.75) is 6.54 Å². The lowest BCUT2D eigenvalue weighted by atomic mass is 10.2. The highest BCUT2D eigenvalue weighted by molar-refractivity contribution is 9.10. The van der Waals surface area contributed by atoms with E-state index in [0.717, 1.165) is 0 Å². The number of rotatable bonds is 1. The third-order valence-electron chi connectivity index (χ3n) is 1.34. The van der Waals surface area contributed by atoms with Crippen molar-refractivity contribution >= 4 is 27.5 Å². The van der Waals surface area contributed by atoms with Gasteiger partial charge in [-0.05, 0) is 28.1 Å². The maximum atomic E-state index is 12.8. The summed E-state index contributed by atoms with van der Waals surface area (Å²) >= 11 is 8.78. The van der Waals surface area contributed by atoms with Crippen LogP contribution in [0.5, 0.6) is 0 Å². The summed E-state index contributed by atoms with van der Waals surface area (Å²) in [5.74, 6) is -0.338. The van der Waals surface area contributed by atoms with Gasteiger partial charge in [0.1, 0.15) is 5.82 Å². The van der Waals surface area contributed by atoms with Gasteiger partial charge in [-0.25, -0.2) is 4.39 Å². The molecule has 0 heterocycles.